The van der Waals surface area contributed by atoms with Crippen LogP contribution in [-0.4, -0.2) is 14.8 Å². The van der Waals surface area contributed by atoms with Crippen molar-refractivity contribution in [2.45, 2.75) is 13.1 Å². The van der Waals surface area contributed by atoms with Gasteiger partial charge < -0.3 is 5.73 Å². The number of rotatable bonds is 3. The highest BCUT2D eigenvalue weighted by atomic mass is 32.1. The lowest BCUT2D eigenvalue weighted by molar-refractivity contribution is 0.693. The summed E-state index contributed by atoms with van der Waals surface area (Å²) in [4.78, 5) is 5.20. The van der Waals surface area contributed by atoms with Gasteiger partial charge in [-0.05, 0) is 0 Å². The van der Waals surface area contributed by atoms with Crippen LogP contribution in [0.5, 0.6) is 0 Å². The molecule has 2 aromatic heterocycles. The molecule has 0 amide bonds. The lowest BCUT2D eigenvalue weighted by Gasteiger charge is -1.95. The highest BCUT2D eigenvalue weighted by molar-refractivity contribution is 7.09. The fraction of sp³-hybridized carbons (Fsp3) is 0.250. The zero-order valence-corrected chi connectivity index (χ0v) is 7.87. The first-order valence-electron chi connectivity index (χ1n) is 3.97. The average molecular weight is 194 g/mol. The molecule has 0 aliphatic heterocycles. The van der Waals surface area contributed by atoms with E-state index in [1.165, 1.54) is 4.88 Å². The van der Waals surface area contributed by atoms with Crippen molar-refractivity contribution >= 4 is 11.3 Å². The number of aromatic nitrogens is 3. The molecule has 2 aromatic rings. The van der Waals surface area contributed by atoms with E-state index in [0.29, 0.717) is 6.54 Å². The lowest BCUT2D eigenvalue weighted by Crippen LogP contribution is -1.98. The van der Waals surface area contributed by atoms with Crippen molar-refractivity contribution < 1.29 is 0 Å². The number of hydrogen-bond acceptors (Lipinski definition) is 4. The van der Waals surface area contributed by atoms with Crippen molar-refractivity contribution in [3.8, 4) is 0 Å². The molecule has 2 heterocycles. The molecule has 2 rings (SSSR count). The van der Waals surface area contributed by atoms with Crippen LogP contribution >= 0.6 is 11.3 Å². The summed E-state index contributed by atoms with van der Waals surface area (Å²) in [6, 6.07) is 0. The molecule has 4 nitrogen and oxygen atoms in total. The highest BCUT2D eigenvalue weighted by Gasteiger charge is 1.98. The van der Waals surface area contributed by atoms with Crippen LogP contribution in [0.1, 0.15) is 10.4 Å². The van der Waals surface area contributed by atoms with E-state index in [1.807, 2.05) is 22.6 Å². The van der Waals surface area contributed by atoms with Gasteiger partial charge in [-0.25, -0.2) is 0 Å². The van der Waals surface area contributed by atoms with E-state index >= 15 is 0 Å². The van der Waals surface area contributed by atoms with E-state index in [-0.39, 0.29) is 0 Å². The maximum absolute atomic E-state index is 5.47. The van der Waals surface area contributed by atoms with Gasteiger partial charge >= 0.3 is 0 Å². The molecule has 68 valence electrons. The van der Waals surface area contributed by atoms with Gasteiger partial charge in [-0.3, -0.25) is 9.67 Å². The predicted molar refractivity (Wildman–Crippen MR) is 51.3 cm³/mol. The Morgan fingerprint density at radius 1 is 1.46 bits per heavy atom. The van der Waals surface area contributed by atoms with Gasteiger partial charge in [0.25, 0.3) is 0 Å². The fourth-order valence-corrected chi connectivity index (χ4v) is 1.66. The minimum Gasteiger partial charge on any atom is -0.326 e. The molecule has 0 unspecified atom stereocenters. The van der Waals surface area contributed by atoms with Crippen LogP contribution < -0.4 is 5.73 Å². The van der Waals surface area contributed by atoms with Crippen molar-refractivity contribution in [1.29, 1.82) is 0 Å². The molecule has 0 aliphatic rings. The molecule has 2 N–H and O–H groups in total. The highest BCUT2D eigenvalue weighted by Crippen LogP contribution is 2.07. The molecule has 0 radical (unpaired) electrons. The third-order valence-electron chi connectivity index (χ3n) is 1.72. The van der Waals surface area contributed by atoms with Gasteiger partial charge in [0.05, 0.1) is 18.3 Å². The molecule has 0 aromatic carbocycles. The van der Waals surface area contributed by atoms with Crippen LogP contribution in [0.3, 0.4) is 0 Å². The second-order valence-electron chi connectivity index (χ2n) is 2.72. The average Bonchev–Trinajstić information content (AvgIpc) is 2.76. The Kier molecular flexibility index (Phi) is 2.37. The zero-order chi connectivity index (χ0) is 9.10. The van der Waals surface area contributed by atoms with E-state index < -0.39 is 0 Å². The molecular weight excluding hydrogens is 184 g/mol. The molecule has 0 spiro atoms. The third kappa shape index (κ3) is 1.93. The molecule has 13 heavy (non-hydrogen) atoms. The molecule has 0 atom stereocenters. The van der Waals surface area contributed by atoms with Gasteiger partial charge in [-0.2, -0.15) is 5.10 Å². The van der Waals surface area contributed by atoms with Crippen LogP contribution in [0, 0.1) is 0 Å². The van der Waals surface area contributed by atoms with Crippen LogP contribution in [0.15, 0.2) is 24.1 Å². The van der Waals surface area contributed by atoms with Gasteiger partial charge in [-0.1, -0.05) is 0 Å². The SMILES string of the molecule is NCc1cnn(Cc2cncs2)c1. The third-order valence-corrected chi connectivity index (χ3v) is 2.49. The topological polar surface area (TPSA) is 56.7 Å². The van der Waals surface area contributed by atoms with E-state index in [4.69, 9.17) is 5.73 Å². The smallest absolute Gasteiger partial charge is 0.0794 e. The van der Waals surface area contributed by atoms with Crippen LogP contribution in [0.4, 0.5) is 0 Å². The molecule has 0 fully saturated rings. The van der Waals surface area contributed by atoms with Gasteiger partial charge in [0.15, 0.2) is 0 Å². The maximum atomic E-state index is 5.47. The summed E-state index contributed by atoms with van der Waals surface area (Å²) in [5, 5.41) is 4.18. The molecule has 0 saturated heterocycles. The molecular formula is C8H10N4S. The molecule has 0 bridgehead atoms. The Hall–Kier alpha value is -1.20. The van der Waals surface area contributed by atoms with Gasteiger partial charge in [0.1, 0.15) is 0 Å². The molecule has 0 saturated carbocycles. The summed E-state index contributed by atoms with van der Waals surface area (Å²) in [5.74, 6) is 0. The van der Waals surface area contributed by atoms with E-state index in [2.05, 4.69) is 10.1 Å². The number of hydrogen-bond donors (Lipinski definition) is 1. The Bertz CT molecular complexity index is 365. The van der Waals surface area contributed by atoms with Crippen molar-refractivity contribution in [3.63, 3.8) is 0 Å². The van der Waals surface area contributed by atoms with Crippen molar-refractivity contribution in [2.75, 3.05) is 0 Å². The zero-order valence-electron chi connectivity index (χ0n) is 7.05. The van der Waals surface area contributed by atoms with Gasteiger partial charge in [-0.15, -0.1) is 11.3 Å². The lowest BCUT2D eigenvalue weighted by atomic mass is 10.4. The van der Waals surface area contributed by atoms with Crippen LogP contribution in [0.2, 0.25) is 0 Å². The Balaban J connectivity index is 2.10. The second-order valence-corrected chi connectivity index (χ2v) is 3.69. The van der Waals surface area contributed by atoms with E-state index in [9.17, 15) is 0 Å². The van der Waals surface area contributed by atoms with E-state index in [1.54, 1.807) is 17.5 Å². The fourth-order valence-electron chi connectivity index (χ4n) is 1.08. The normalized spacial score (nSPS) is 10.5. The number of nitrogens with two attached hydrogens (primary N) is 1. The number of thiazole rings is 1. The van der Waals surface area contributed by atoms with Crippen molar-refractivity contribution in [3.05, 3.63) is 34.5 Å². The predicted octanol–water partition coefficient (Wildman–Crippen LogP) is 0.847. The Morgan fingerprint density at radius 3 is 3.00 bits per heavy atom. The largest absolute Gasteiger partial charge is 0.326 e. The molecule has 5 heteroatoms. The summed E-state index contributed by atoms with van der Waals surface area (Å²) in [7, 11) is 0. The second kappa shape index (κ2) is 3.68. The number of nitrogens with zero attached hydrogens (tertiary/aromatic N) is 3. The van der Waals surface area contributed by atoms with Gasteiger partial charge in [0.2, 0.25) is 0 Å². The first kappa shape index (κ1) is 8.40. The minimum atomic E-state index is 0.544. The summed E-state index contributed by atoms with van der Waals surface area (Å²) >= 11 is 1.63. The minimum absolute atomic E-state index is 0.544. The Labute approximate surface area is 80.0 Å². The molecule has 0 aliphatic carbocycles. The van der Waals surface area contributed by atoms with E-state index in [0.717, 1.165) is 12.1 Å². The summed E-state index contributed by atoms with van der Waals surface area (Å²) in [5.41, 5.74) is 8.36. The summed E-state index contributed by atoms with van der Waals surface area (Å²) < 4.78 is 1.87. The standard InChI is InChI=1S/C8H10N4S/c9-1-7-2-11-12(4-7)5-8-3-10-6-13-8/h2-4,6H,1,5,9H2. The van der Waals surface area contributed by atoms with Crippen molar-refractivity contribution in [1.82, 2.24) is 14.8 Å². The summed E-state index contributed by atoms with van der Waals surface area (Å²) in [6.07, 6.45) is 5.61. The first-order chi connectivity index (χ1) is 6.38. The quantitative estimate of drug-likeness (QED) is 0.788. The Morgan fingerprint density at radius 2 is 2.38 bits per heavy atom. The summed E-state index contributed by atoms with van der Waals surface area (Å²) in [6.45, 7) is 1.33. The van der Waals surface area contributed by atoms with Gasteiger partial charge in [0, 0.05) is 29.4 Å². The van der Waals surface area contributed by atoms with Crippen molar-refractivity contribution in [2.24, 2.45) is 5.73 Å². The maximum Gasteiger partial charge on any atom is 0.0794 e. The van der Waals surface area contributed by atoms with Crippen LogP contribution in [0.25, 0.3) is 0 Å². The first-order valence-corrected chi connectivity index (χ1v) is 4.85. The van der Waals surface area contributed by atoms with Crippen LogP contribution in [-0.2, 0) is 13.1 Å². The monoisotopic (exact) mass is 194 g/mol.